The minimum atomic E-state index is 0.185. The highest BCUT2D eigenvalue weighted by Crippen LogP contribution is 2.29. The number of hydrogen-bond acceptors (Lipinski definition) is 1. The summed E-state index contributed by atoms with van der Waals surface area (Å²) in [6.07, 6.45) is 1.86. The lowest BCUT2D eigenvalue weighted by molar-refractivity contribution is 0.589. The number of aromatic nitrogens is 2. The van der Waals surface area contributed by atoms with Crippen LogP contribution in [0, 0.1) is 0 Å². The highest BCUT2D eigenvalue weighted by molar-refractivity contribution is 14.1. The first-order chi connectivity index (χ1) is 5.05. The standard InChI is InChI=1S/C8H13IN2/c1-4-11-7(5-6-10-11)8(2,3)9/h5-6H,4H2,1-3H3. The van der Waals surface area contributed by atoms with Crippen LogP contribution in [0.3, 0.4) is 0 Å². The second-order valence-corrected chi connectivity index (χ2v) is 5.70. The summed E-state index contributed by atoms with van der Waals surface area (Å²) in [5.41, 5.74) is 1.29. The zero-order chi connectivity index (χ0) is 8.48. The van der Waals surface area contributed by atoms with E-state index < -0.39 is 0 Å². The number of halogens is 1. The molecule has 0 aliphatic carbocycles. The van der Waals surface area contributed by atoms with Crippen LogP contribution in [0.1, 0.15) is 26.5 Å². The average molecular weight is 264 g/mol. The van der Waals surface area contributed by atoms with Gasteiger partial charge in [-0.1, -0.05) is 22.6 Å². The lowest BCUT2D eigenvalue weighted by Gasteiger charge is -2.17. The van der Waals surface area contributed by atoms with Gasteiger partial charge in [0.15, 0.2) is 0 Å². The molecular weight excluding hydrogens is 251 g/mol. The molecular formula is C8H13IN2. The summed E-state index contributed by atoms with van der Waals surface area (Å²) in [5, 5.41) is 4.21. The first-order valence-electron chi connectivity index (χ1n) is 3.77. The third kappa shape index (κ3) is 1.95. The van der Waals surface area contributed by atoms with Gasteiger partial charge in [0.05, 0.1) is 9.12 Å². The molecule has 0 N–H and O–H groups in total. The maximum Gasteiger partial charge on any atom is 0.0583 e. The lowest BCUT2D eigenvalue weighted by Crippen LogP contribution is -2.14. The van der Waals surface area contributed by atoms with E-state index in [1.807, 2.05) is 10.9 Å². The van der Waals surface area contributed by atoms with Gasteiger partial charge in [0.2, 0.25) is 0 Å². The molecule has 0 fully saturated rings. The van der Waals surface area contributed by atoms with Crippen molar-refractivity contribution >= 4 is 22.6 Å². The summed E-state index contributed by atoms with van der Waals surface area (Å²) in [5.74, 6) is 0. The third-order valence-electron chi connectivity index (χ3n) is 1.63. The highest BCUT2D eigenvalue weighted by Gasteiger charge is 2.19. The van der Waals surface area contributed by atoms with Crippen LogP contribution in [0.25, 0.3) is 0 Å². The molecule has 1 aromatic rings. The van der Waals surface area contributed by atoms with E-state index in [0.29, 0.717) is 0 Å². The van der Waals surface area contributed by atoms with Crippen LogP contribution in [-0.4, -0.2) is 9.78 Å². The maximum absolute atomic E-state index is 4.21. The predicted octanol–water partition coefficient (Wildman–Crippen LogP) is 2.57. The Morgan fingerprint density at radius 1 is 1.64 bits per heavy atom. The number of rotatable bonds is 2. The van der Waals surface area contributed by atoms with E-state index in [0.717, 1.165) is 6.54 Å². The topological polar surface area (TPSA) is 17.8 Å². The van der Waals surface area contributed by atoms with E-state index in [4.69, 9.17) is 0 Å². The zero-order valence-electron chi connectivity index (χ0n) is 7.13. The van der Waals surface area contributed by atoms with E-state index >= 15 is 0 Å². The fourth-order valence-electron chi connectivity index (χ4n) is 1.09. The molecule has 0 aliphatic rings. The summed E-state index contributed by atoms with van der Waals surface area (Å²) in [4.78, 5) is 0. The van der Waals surface area contributed by atoms with E-state index in [1.165, 1.54) is 5.69 Å². The Morgan fingerprint density at radius 3 is 2.64 bits per heavy atom. The van der Waals surface area contributed by atoms with Gasteiger partial charge >= 0.3 is 0 Å². The molecule has 11 heavy (non-hydrogen) atoms. The van der Waals surface area contributed by atoms with Crippen molar-refractivity contribution in [1.29, 1.82) is 0 Å². The number of nitrogens with zero attached hydrogens (tertiary/aromatic N) is 2. The minimum Gasteiger partial charge on any atom is -0.269 e. The van der Waals surface area contributed by atoms with Crippen molar-refractivity contribution in [2.24, 2.45) is 0 Å². The Hall–Kier alpha value is -0.0600. The second-order valence-electron chi connectivity index (χ2n) is 3.00. The Bertz CT molecular complexity index is 234. The average Bonchev–Trinajstić information content (AvgIpc) is 2.31. The second kappa shape index (κ2) is 3.13. The number of aryl methyl sites for hydroxylation is 1. The monoisotopic (exact) mass is 264 g/mol. The molecule has 0 saturated carbocycles. The van der Waals surface area contributed by atoms with Gasteiger partial charge in [0, 0.05) is 12.7 Å². The quantitative estimate of drug-likeness (QED) is 0.593. The number of hydrogen-bond donors (Lipinski definition) is 0. The molecule has 3 heteroatoms. The Balaban J connectivity index is 3.02. The molecule has 0 atom stereocenters. The van der Waals surface area contributed by atoms with Gasteiger partial charge in [-0.05, 0) is 26.8 Å². The highest BCUT2D eigenvalue weighted by atomic mass is 127. The van der Waals surface area contributed by atoms with Gasteiger partial charge in [-0.2, -0.15) is 5.10 Å². The SMILES string of the molecule is CCn1nccc1C(C)(C)I. The van der Waals surface area contributed by atoms with Crippen LogP contribution < -0.4 is 0 Å². The Labute approximate surface area is 81.1 Å². The van der Waals surface area contributed by atoms with Crippen LogP contribution in [0.15, 0.2) is 12.3 Å². The molecule has 0 saturated heterocycles. The number of alkyl halides is 1. The van der Waals surface area contributed by atoms with E-state index in [2.05, 4.69) is 54.5 Å². The maximum atomic E-state index is 4.21. The molecule has 1 aromatic heterocycles. The first kappa shape index (κ1) is 9.03. The first-order valence-corrected chi connectivity index (χ1v) is 4.84. The molecule has 0 spiro atoms. The molecule has 0 amide bonds. The summed E-state index contributed by atoms with van der Waals surface area (Å²) in [7, 11) is 0. The van der Waals surface area contributed by atoms with Gasteiger partial charge in [-0.15, -0.1) is 0 Å². The molecule has 1 heterocycles. The van der Waals surface area contributed by atoms with Gasteiger partial charge in [0.1, 0.15) is 0 Å². The Morgan fingerprint density at radius 2 is 2.27 bits per heavy atom. The molecule has 1 rings (SSSR count). The normalized spacial score (nSPS) is 12.0. The Kier molecular flexibility index (Phi) is 2.57. The van der Waals surface area contributed by atoms with Crippen LogP contribution >= 0.6 is 22.6 Å². The van der Waals surface area contributed by atoms with Crippen molar-refractivity contribution in [2.75, 3.05) is 0 Å². The smallest absolute Gasteiger partial charge is 0.0583 e. The van der Waals surface area contributed by atoms with Gasteiger partial charge in [0.25, 0.3) is 0 Å². The van der Waals surface area contributed by atoms with Crippen LogP contribution in [-0.2, 0) is 9.97 Å². The van der Waals surface area contributed by atoms with Gasteiger partial charge < -0.3 is 0 Å². The third-order valence-corrected chi connectivity index (χ3v) is 2.18. The lowest BCUT2D eigenvalue weighted by atomic mass is 10.1. The summed E-state index contributed by atoms with van der Waals surface area (Å²) in [6, 6.07) is 2.08. The fourth-order valence-corrected chi connectivity index (χ4v) is 1.55. The largest absolute Gasteiger partial charge is 0.269 e. The van der Waals surface area contributed by atoms with Crippen LogP contribution in [0.5, 0.6) is 0 Å². The van der Waals surface area contributed by atoms with E-state index in [9.17, 15) is 0 Å². The molecule has 0 aliphatic heterocycles. The van der Waals surface area contributed by atoms with Crippen molar-refractivity contribution < 1.29 is 0 Å². The molecule has 62 valence electrons. The summed E-state index contributed by atoms with van der Waals surface area (Å²) >= 11 is 2.43. The van der Waals surface area contributed by atoms with E-state index in [1.54, 1.807) is 0 Å². The van der Waals surface area contributed by atoms with Crippen molar-refractivity contribution in [1.82, 2.24) is 9.78 Å². The van der Waals surface area contributed by atoms with E-state index in [-0.39, 0.29) is 3.42 Å². The van der Waals surface area contributed by atoms with Crippen molar-refractivity contribution in [3.05, 3.63) is 18.0 Å². The molecule has 2 nitrogen and oxygen atoms in total. The predicted molar refractivity (Wildman–Crippen MR) is 54.9 cm³/mol. The minimum absolute atomic E-state index is 0.185. The van der Waals surface area contributed by atoms with Crippen molar-refractivity contribution in [2.45, 2.75) is 30.7 Å². The molecule has 0 bridgehead atoms. The fraction of sp³-hybridized carbons (Fsp3) is 0.625. The molecule has 0 aromatic carbocycles. The molecule has 0 radical (unpaired) electrons. The summed E-state index contributed by atoms with van der Waals surface area (Å²) < 4.78 is 2.22. The molecule has 0 unspecified atom stereocenters. The summed E-state index contributed by atoms with van der Waals surface area (Å²) in [6.45, 7) is 7.45. The van der Waals surface area contributed by atoms with Gasteiger partial charge in [-0.3, -0.25) is 4.68 Å². The van der Waals surface area contributed by atoms with Gasteiger partial charge in [-0.25, -0.2) is 0 Å². The zero-order valence-corrected chi connectivity index (χ0v) is 9.29. The van der Waals surface area contributed by atoms with Crippen molar-refractivity contribution in [3.63, 3.8) is 0 Å². The van der Waals surface area contributed by atoms with Crippen molar-refractivity contribution in [3.8, 4) is 0 Å². The van der Waals surface area contributed by atoms with Crippen LogP contribution in [0.2, 0.25) is 0 Å². The van der Waals surface area contributed by atoms with Crippen LogP contribution in [0.4, 0.5) is 0 Å².